The topological polar surface area (TPSA) is 137 Å². The SMILES string of the molecule is CCCOc1ccc(C[C@@H](C(=O)N[C@@H](Cc2ccccc2)C(=O)NCc2ccc(CN)cc2)c2ccccc2C(N)=O)cc1. The monoisotopic (exact) mass is 592 g/mol. The summed E-state index contributed by atoms with van der Waals surface area (Å²) in [6.45, 7) is 3.39. The second-order valence-electron chi connectivity index (χ2n) is 10.7. The van der Waals surface area contributed by atoms with Crippen LogP contribution in [-0.2, 0) is 35.5 Å². The first kappa shape index (κ1) is 32.0. The summed E-state index contributed by atoms with van der Waals surface area (Å²) in [6, 6.07) is 30.7. The van der Waals surface area contributed by atoms with E-state index in [0.29, 0.717) is 25.3 Å². The van der Waals surface area contributed by atoms with Crippen molar-refractivity contribution in [3.05, 3.63) is 137 Å². The Morgan fingerprint density at radius 1 is 0.727 bits per heavy atom. The molecule has 0 aliphatic heterocycles. The van der Waals surface area contributed by atoms with Crippen LogP contribution >= 0.6 is 0 Å². The van der Waals surface area contributed by atoms with Gasteiger partial charge in [-0.05, 0) is 58.9 Å². The Hall–Kier alpha value is -4.95. The fourth-order valence-electron chi connectivity index (χ4n) is 4.98. The highest BCUT2D eigenvalue weighted by atomic mass is 16.5. The normalized spacial score (nSPS) is 12.1. The number of nitrogens with one attached hydrogen (secondary N) is 2. The highest BCUT2D eigenvalue weighted by Gasteiger charge is 2.29. The predicted octanol–water partition coefficient (Wildman–Crippen LogP) is 4.40. The van der Waals surface area contributed by atoms with E-state index in [2.05, 4.69) is 10.6 Å². The van der Waals surface area contributed by atoms with E-state index in [1.54, 1.807) is 24.3 Å². The molecule has 4 rings (SSSR count). The lowest BCUT2D eigenvalue weighted by Crippen LogP contribution is -2.49. The Morgan fingerprint density at radius 3 is 2.00 bits per heavy atom. The van der Waals surface area contributed by atoms with Gasteiger partial charge >= 0.3 is 0 Å². The zero-order chi connectivity index (χ0) is 31.3. The van der Waals surface area contributed by atoms with E-state index in [0.717, 1.165) is 34.4 Å². The Morgan fingerprint density at radius 2 is 1.34 bits per heavy atom. The quantitative estimate of drug-likeness (QED) is 0.162. The second kappa shape index (κ2) is 16.0. The molecule has 0 radical (unpaired) electrons. The lowest BCUT2D eigenvalue weighted by Gasteiger charge is -2.24. The Bertz CT molecular complexity index is 1520. The summed E-state index contributed by atoms with van der Waals surface area (Å²) in [5.41, 5.74) is 15.9. The molecule has 0 aromatic heterocycles. The first-order valence-corrected chi connectivity index (χ1v) is 14.9. The van der Waals surface area contributed by atoms with Crippen LogP contribution in [-0.4, -0.2) is 30.4 Å². The van der Waals surface area contributed by atoms with Gasteiger partial charge in [0.1, 0.15) is 11.8 Å². The fourth-order valence-corrected chi connectivity index (χ4v) is 4.98. The van der Waals surface area contributed by atoms with E-state index in [1.165, 1.54) is 0 Å². The number of hydrogen-bond acceptors (Lipinski definition) is 5. The van der Waals surface area contributed by atoms with Crippen molar-refractivity contribution in [2.24, 2.45) is 11.5 Å². The van der Waals surface area contributed by atoms with Gasteiger partial charge in [0.15, 0.2) is 0 Å². The molecule has 0 unspecified atom stereocenters. The molecule has 6 N–H and O–H groups in total. The van der Waals surface area contributed by atoms with Gasteiger partial charge in [-0.3, -0.25) is 14.4 Å². The highest BCUT2D eigenvalue weighted by Crippen LogP contribution is 2.26. The molecule has 3 amide bonds. The van der Waals surface area contributed by atoms with E-state index in [9.17, 15) is 14.4 Å². The molecule has 0 aliphatic carbocycles. The lowest BCUT2D eigenvalue weighted by molar-refractivity contribution is -0.129. The number of hydrogen-bond donors (Lipinski definition) is 4. The predicted molar refractivity (Wildman–Crippen MR) is 172 cm³/mol. The van der Waals surface area contributed by atoms with Crippen LogP contribution in [0.4, 0.5) is 0 Å². The van der Waals surface area contributed by atoms with Gasteiger partial charge in [0, 0.05) is 25.1 Å². The molecule has 4 aromatic carbocycles. The van der Waals surface area contributed by atoms with Crippen molar-refractivity contribution in [1.29, 1.82) is 0 Å². The summed E-state index contributed by atoms with van der Waals surface area (Å²) in [5.74, 6) is -1.36. The molecule has 0 fully saturated rings. The molecule has 0 bridgehead atoms. The first-order chi connectivity index (χ1) is 21.4. The van der Waals surface area contributed by atoms with Crippen LogP contribution in [0.1, 0.15) is 57.4 Å². The number of amides is 3. The van der Waals surface area contributed by atoms with Crippen molar-refractivity contribution >= 4 is 17.7 Å². The molecule has 8 nitrogen and oxygen atoms in total. The number of ether oxygens (including phenoxy) is 1. The van der Waals surface area contributed by atoms with E-state index in [1.807, 2.05) is 85.8 Å². The van der Waals surface area contributed by atoms with Crippen LogP contribution in [0.15, 0.2) is 103 Å². The third kappa shape index (κ3) is 9.02. The maximum Gasteiger partial charge on any atom is 0.249 e. The Labute approximate surface area is 258 Å². The lowest BCUT2D eigenvalue weighted by atomic mass is 9.87. The van der Waals surface area contributed by atoms with Gasteiger partial charge in [-0.25, -0.2) is 0 Å². The molecule has 0 spiro atoms. The molecule has 0 aliphatic rings. The van der Waals surface area contributed by atoms with Crippen LogP contribution in [0.3, 0.4) is 0 Å². The minimum absolute atomic E-state index is 0.264. The molecule has 8 heteroatoms. The fraction of sp³-hybridized carbons (Fsp3) is 0.250. The highest BCUT2D eigenvalue weighted by molar-refractivity contribution is 5.98. The summed E-state index contributed by atoms with van der Waals surface area (Å²) in [6.07, 6.45) is 1.47. The summed E-state index contributed by atoms with van der Waals surface area (Å²) < 4.78 is 5.71. The van der Waals surface area contributed by atoms with Gasteiger partial charge in [0.25, 0.3) is 0 Å². The number of benzene rings is 4. The molecule has 2 atom stereocenters. The molecule has 4 aromatic rings. The van der Waals surface area contributed by atoms with Crippen LogP contribution in [0, 0.1) is 0 Å². The van der Waals surface area contributed by atoms with E-state index < -0.39 is 17.9 Å². The van der Waals surface area contributed by atoms with Gasteiger partial charge in [-0.15, -0.1) is 0 Å². The molecule has 0 saturated carbocycles. The average Bonchev–Trinajstić information content (AvgIpc) is 3.06. The van der Waals surface area contributed by atoms with Gasteiger partial charge in [-0.2, -0.15) is 0 Å². The summed E-state index contributed by atoms with van der Waals surface area (Å²) in [4.78, 5) is 40.0. The zero-order valence-corrected chi connectivity index (χ0v) is 25.0. The van der Waals surface area contributed by atoms with Gasteiger partial charge in [0.2, 0.25) is 17.7 Å². The molecule has 44 heavy (non-hydrogen) atoms. The zero-order valence-electron chi connectivity index (χ0n) is 25.0. The van der Waals surface area contributed by atoms with Crippen LogP contribution in [0.2, 0.25) is 0 Å². The largest absolute Gasteiger partial charge is 0.494 e. The number of rotatable bonds is 15. The van der Waals surface area contributed by atoms with Gasteiger partial charge in [-0.1, -0.05) is 91.9 Å². The number of carbonyl (C=O) groups is 3. The van der Waals surface area contributed by atoms with Gasteiger partial charge in [0.05, 0.1) is 12.5 Å². The van der Waals surface area contributed by atoms with Crippen molar-refractivity contribution in [3.63, 3.8) is 0 Å². The number of carbonyl (C=O) groups excluding carboxylic acids is 3. The van der Waals surface area contributed by atoms with Crippen molar-refractivity contribution in [3.8, 4) is 5.75 Å². The third-order valence-corrected chi connectivity index (χ3v) is 7.40. The number of nitrogens with two attached hydrogens (primary N) is 2. The maximum absolute atomic E-state index is 14.1. The third-order valence-electron chi connectivity index (χ3n) is 7.40. The van der Waals surface area contributed by atoms with Crippen molar-refractivity contribution < 1.29 is 19.1 Å². The van der Waals surface area contributed by atoms with Crippen LogP contribution < -0.4 is 26.8 Å². The van der Waals surface area contributed by atoms with Crippen molar-refractivity contribution in [1.82, 2.24) is 10.6 Å². The Balaban J connectivity index is 1.59. The first-order valence-electron chi connectivity index (χ1n) is 14.9. The minimum atomic E-state index is -0.860. The minimum Gasteiger partial charge on any atom is -0.494 e. The van der Waals surface area contributed by atoms with Crippen molar-refractivity contribution in [2.45, 2.75) is 51.2 Å². The van der Waals surface area contributed by atoms with E-state index >= 15 is 0 Å². The molecule has 0 saturated heterocycles. The van der Waals surface area contributed by atoms with E-state index in [-0.39, 0.29) is 30.2 Å². The average molecular weight is 593 g/mol. The molecule has 0 heterocycles. The maximum atomic E-state index is 14.1. The number of primary amides is 1. The second-order valence-corrected chi connectivity index (χ2v) is 10.7. The molecular weight excluding hydrogens is 552 g/mol. The van der Waals surface area contributed by atoms with Gasteiger partial charge < -0.3 is 26.8 Å². The summed E-state index contributed by atoms with van der Waals surface area (Å²) in [5, 5.41) is 5.97. The summed E-state index contributed by atoms with van der Waals surface area (Å²) in [7, 11) is 0. The van der Waals surface area contributed by atoms with Crippen LogP contribution in [0.25, 0.3) is 0 Å². The van der Waals surface area contributed by atoms with Crippen LogP contribution in [0.5, 0.6) is 5.75 Å². The summed E-state index contributed by atoms with van der Waals surface area (Å²) >= 11 is 0. The standard InChI is InChI=1S/C36H40N4O4/c1-2-20-44-29-18-16-26(17-19-29)21-32(30-10-6-7-11-31(30)34(38)41)35(42)40-33(22-25-8-4-3-5-9-25)36(43)39-24-28-14-12-27(23-37)13-15-28/h3-19,32-33H,2,20-24,37H2,1H3,(H2,38,41)(H,39,43)(H,40,42)/t32-,33+/m1/s1. The van der Waals surface area contributed by atoms with E-state index in [4.69, 9.17) is 16.2 Å². The van der Waals surface area contributed by atoms with Crippen molar-refractivity contribution in [2.75, 3.05) is 6.61 Å². The molecular formula is C36H40N4O4. The molecule has 228 valence electrons. The smallest absolute Gasteiger partial charge is 0.249 e. The Kier molecular flexibility index (Phi) is 11.7.